The molecule has 1 aromatic heterocycles. The second-order valence-corrected chi connectivity index (χ2v) is 8.01. The number of rotatable bonds is 9. The highest BCUT2D eigenvalue weighted by atomic mass is 16.2. The topological polar surface area (TPSA) is 138 Å². The molecule has 2 atom stereocenters. The van der Waals surface area contributed by atoms with Crippen molar-refractivity contribution in [3.8, 4) is 0 Å². The summed E-state index contributed by atoms with van der Waals surface area (Å²) in [6, 6.07) is 6.48. The zero-order valence-electron chi connectivity index (χ0n) is 18.3. The van der Waals surface area contributed by atoms with Crippen LogP contribution in [-0.2, 0) is 16.9 Å². The lowest BCUT2D eigenvalue weighted by Crippen LogP contribution is -2.39. The van der Waals surface area contributed by atoms with Gasteiger partial charge in [-0.2, -0.15) is 0 Å². The molecule has 2 heterocycles. The van der Waals surface area contributed by atoms with Crippen molar-refractivity contribution in [3.63, 3.8) is 0 Å². The largest absolute Gasteiger partial charge is 0.384 e. The Hall–Kier alpha value is -3.20. The fourth-order valence-electron chi connectivity index (χ4n) is 3.98. The number of carbonyl (C=O) groups is 1. The Morgan fingerprint density at radius 2 is 2.03 bits per heavy atom. The first kappa shape index (κ1) is 22.5. The highest BCUT2D eigenvalue weighted by Crippen LogP contribution is 2.37. The van der Waals surface area contributed by atoms with Crippen LogP contribution in [0.15, 0.2) is 35.3 Å². The fraction of sp³-hybridized carbons (Fsp3) is 0.455. The van der Waals surface area contributed by atoms with Crippen molar-refractivity contribution in [3.05, 3.63) is 57.8 Å². The van der Waals surface area contributed by atoms with Gasteiger partial charge in [0.25, 0.3) is 5.56 Å². The summed E-state index contributed by atoms with van der Waals surface area (Å²) in [5, 5.41) is 16.9. The van der Waals surface area contributed by atoms with Gasteiger partial charge in [-0.1, -0.05) is 38.1 Å². The van der Waals surface area contributed by atoms with Gasteiger partial charge >= 0.3 is 0 Å². The molecule has 2 aromatic rings. The van der Waals surface area contributed by atoms with E-state index >= 15 is 0 Å². The lowest BCUT2D eigenvalue weighted by atomic mass is 9.96. The van der Waals surface area contributed by atoms with Gasteiger partial charge in [-0.05, 0) is 25.5 Å². The molecule has 0 saturated heterocycles. The van der Waals surface area contributed by atoms with Gasteiger partial charge in [0, 0.05) is 25.1 Å². The molecule has 0 saturated carbocycles. The van der Waals surface area contributed by atoms with Crippen LogP contribution < -0.4 is 27.2 Å². The number of fused-ring (bicyclic) bond motifs is 1. The summed E-state index contributed by atoms with van der Waals surface area (Å²) >= 11 is 0. The normalized spacial score (nSPS) is 19.6. The highest BCUT2D eigenvalue weighted by molar-refractivity contribution is 5.94. The molecule has 1 aromatic carbocycles. The van der Waals surface area contributed by atoms with Crippen LogP contribution in [0.2, 0.25) is 0 Å². The summed E-state index contributed by atoms with van der Waals surface area (Å²) in [7, 11) is 0. The van der Waals surface area contributed by atoms with Crippen molar-refractivity contribution >= 4 is 17.4 Å². The summed E-state index contributed by atoms with van der Waals surface area (Å²) in [5.41, 5.74) is 6.61. The van der Waals surface area contributed by atoms with Gasteiger partial charge in [0.15, 0.2) is 0 Å². The van der Waals surface area contributed by atoms with E-state index in [1.54, 1.807) is 18.3 Å². The first-order valence-electron chi connectivity index (χ1n) is 10.6. The van der Waals surface area contributed by atoms with Crippen LogP contribution in [0, 0.1) is 5.41 Å². The number of nitrogens with zero attached hydrogens (tertiary/aromatic N) is 2. The molecule has 3 rings (SSSR count). The van der Waals surface area contributed by atoms with E-state index in [0.29, 0.717) is 43.1 Å². The van der Waals surface area contributed by atoms with E-state index in [4.69, 9.17) is 11.1 Å². The summed E-state index contributed by atoms with van der Waals surface area (Å²) in [4.78, 5) is 30.8. The molecule has 0 fully saturated rings. The summed E-state index contributed by atoms with van der Waals surface area (Å²) < 4.78 is 1.52. The summed E-state index contributed by atoms with van der Waals surface area (Å²) in [6.45, 7) is 7.65. The van der Waals surface area contributed by atoms with Gasteiger partial charge in [-0.15, -0.1) is 0 Å². The van der Waals surface area contributed by atoms with Gasteiger partial charge in [0.2, 0.25) is 5.91 Å². The lowest BCUT2D eigenvalue weighted by Gasteiger charge is -2.24. The van der Waals surface area contributed by atoms with Crippen LogP contribution in [0.1, 0.15) is 56.6 Å². The third-order valence-electron chi connectivity index (χ3n) is 5.57. The van der Waals surface area contributed by atoms with E-state index in [-0.39, 0.29) is 17.3 Å². The van der Waals surface area contributed by atoms with Crippen molar-refractivity contribution in [1.29, 1.82) is 5.41 Å². The van der Waals surface area contributed by atoms with Crippen molar-refractivity contribution in [2.24, 2.45) is 5.73 Å². The first-order valence-corrected chi connectivity index (χ1v) is 10.6. The maximum Gasteiger partial charge on any atom is 0.277 e. The minimum absolute atomic E-state index is 0.000204. The molecular formula is C22H31N7O2. The van der Waals surface area contributed by atoms with Crippen molar-refractivity contribution < 1.29 is 4.79 Å². The average Bonchev–Trinajstić information content (AvgIpc) is 3.05. The smallest absolute Gasteiger partial charge is 0.277 e. The zero-order valence-corrected chi connectivity index (χ0v) is 18.3. The molecule has 1 aliphatic rings. The Balaban J connectivity index is 1.84. The molecule has 166 valence electrons. The zero-order chi connectivity index (χ0) is 22.6. The SMILES string of the molecule is CCCNc1cnc2n(c1=O)C(C(=O)NCc1ccc(C(=N)N)cc1)CC2(C)NCC. The van der Waals surface area contributed by atoms with Crippen molar-refractivity contribution in [1.82, 2.24) is 20.2 Å². The Labute approximate surface area is 182 Å². The van der Waals surface area contributed by atoms with Gasteiger partial charge in [0.05, 0.1) is 11.7 Å². The number of hydrogen-bond donors (Lipinski definition) is 5. The number of amidine groups is 1. The number of amides is 1. The Morgan fingerprint density at radius 1 is 1.32 bits per heavy atom. The molecule has 9 heteroatoms. The van der Waals surface area contributed by atoms with Crippen molar-refractivity contribution in [2.75, 3.05) is 18.4 Å². The minimum Gasteiger partial charge on any atom is -0.384 e. The highest BCUT2D eigenvalue weighted by Gasteiger charge is 2.45. The molecule has 0 bridgehead atoms. The van der Waals surface area contributed by atoms with E-state index in [1.165, 1.54) is 4.57 Å². The summed E-state index contributed by atoms with van der Waals surface area (Å²) in [5.74, 6) is 0.350. The second-order valence-electron chi connectivity index (χ2n) is 8.01. The molecule has 1 aliphatic heterocycles. The predicted octanol–water partition coefficient (Wildman–Crippen LogP) is 1.44. The van der Waals surface area contributed by atoms with Gasteiger partial charge in [-0.3, -0.25) is 19.6 Å². The fourth-order valence-corrected chi connectivity index (χ4v) is 3.98. The molecule has 31 heavy (non-hydrogen) atoms. The van der Waals surface area contributed by atoms with Crippen molar-refractivity contribution in [2.45, 2.75) is 51.7 Å². The average molecular weight is 426 g/mol. The number of aromatic nitrogens is 2. The number of nitrogens with one attached hydrogen (secondary N) is 4. The minimum atomic E-state index is -0.654. The third-order valence-corrected chi connectivity index (χ3v) is 5.57. The van der Waals surface area contributed by atoms with Crippen LogP contribution in [0.5, 0.6) is 0 Å². The van der Waals surface area contributed by atoms with Crippen LogP contribution >= 0.6 is 0 Å². The summed E-state index contributed by atoms with van der Waals surface area (Å²) in [6.07, 6.45) is 2.88. The van der Waals surface area contributed by atoms with Crippen LogP contribution in [0.4, 0.5) is 5.69 Å². The third kappa shape index (κ3) is 4.61. The molecule has 6 N–H and O–H groups in total. The Bertz CT molecular complexity index is 1020. The first-order chi connectivity index (χ1) is 14.8. The molecule has 0 aliphatic carbocycles. The molecule has 0 radical (unpaired) electrons. The van der Waals surface area contributed by atoms with E-state index < -0.39 is 11.6 Å². The number of benzene rings is 1. The quantitative estimate of drug-likeness (QED) is 0.304. The van der Waals surface area contributed by atoms with Gasteiger partial charge in [0.1, 0.15) is 23.4 Å². The van der Waals surface area contributed by atoms with Gasteiger partial charge in [-0.25, -0.2) is 4.98 Å². The Kier molecular flexibility index (Phi) is 6.74. The molecule has 9 nitrogen and oxygen atoms in total. The molecule has 0 spiro atoms. The van der Waals surface area contributed by atoms with E-state index in [9.17, 15) is 9.59 Å². The maximum atomic E-state index is 13.2. The molecular weight excluding hydrogens is 394 g/mol. The maximum absolute atomic E-state index is 13.2. The van der Waals surface area contributed by atoms with Crippen LogP contribution in [0.25, 0.3) is 0 Å². The number of nitrogen functional groups attached to an aromatic ring is 1. The molecule has 1 amide bonds. The number of nitrogens with two attached hydrogens (primary N) is 1. The lowest BCUT2D eigenvalue weighted by molar-refractivity contribution is -0.124. The van der Waals surface area contributed by atoms with Crippen LogP contribution in [-0.4, -0.2) is 34.4 Å². The monoisotopic (exact) mass is 425 g/mol. The van der Waals surface area contributed by atoms with Gasteiger partial charge < -0.3 is 21.7 Å². The van der Waals surface area contributed by atoms with E-state index in [2.05, 4.69) is 20.9 Å². The molecule has 2 unspecified atom stereocenters. The number of hydrogen-bond acceptors (Lipinski definition) is 6. The number of anilines is 1. The van der Waals surface area contributed by atoms with E-state index in [1.807, 2.05) is 32.9 Å². The Morgan fingerprint density at radius 3 is 2.65 bits per heavy atom. The predicted molar refractivity (Wildman–Crippen MR) is 121 cm³/mol. The van der Waals surface area contributed by atoms with Crippen LogP contribution in [0.3, 0.4) is 0 Å². The van der Waals surface area contributed by atoms with E-state index in [0.717, 1.165) is 12.0 Å². The standard InChI is InChI=1S/C22H31N7O2/c1-4-10-25-16-13-27-21-22(3,28-5-2)11-17(29(21)20(16)31)19(30)26-12-14-6-8-15(9-7-14)18(23)24/h6-9,13,17,25,28H,4-5,10-12H2,1-3H3,(H3,23,24)(H,26,30). The second kappa shape index (κ2) is 9.30. The number of carbonyl (C=O) groups excluding carboxylic acids is 1.